The van der Waals surface area contributed by atoms with Gasteiger partial charge in [-0.25, -0.2) is 0 Å². The normalized spacial score (nSPS) is 22.1. The van der Waals surface area contributed by atoms with Crippen LogP contribution >= 0.6 is 0 Å². The molecule has 0 bridgehead atoms. The summed E-state index contributed by atoms with van der Waals surface area (Å²) >= 11 is 0. The van der Waals surface area contributed by atoms with E-state index in [1.807, 2.05) is 17.0 Å². The highest BCUT2D eigenvalue weighted by atomic mass is 16.5. The van der Waals surface area contributed by atoms with Gasteiger partial charge in [0.05, 0.1) is 12.2 Å². The second-order valence-corrected chi connectivity index (χ2v) is 11.8. The van der Waals surface area contributed by atoms with Gasteiger partial charge in [-0.2, -0.15) is 0 Å². The van der Waals surface area contributed by atoms with E-state index < -0.39 is 6.10 Å². The van der Waals surface area contributed by atoms with E-state index in [0.717, 1.165) is 63.8 Å². The van der Waals surface area contributed by atoms with E-state index in [-0.39, 0.29) is 11.8 Å². The average Bonchev–Trinajstić information content (AvgIpc) is 2.92. The number of methoxy groups -OCH3 is 1. The number of carbonyl (C=O) groups is 2. The van der Waals surface area contributed by atoms with Crippen molar-refractivity contribution in [2.45, 2.75) is 57.3 Å². The summed E-state index contributed by atoms with van der Waals surface area (Å²) in [5, 5.41) is 10.8. The van der Waals surface area contributed by atoms with Crippen LogP contribution in [-0.4, -0.2) is 90.2 Å². The molecule has 1 aliphatic carbocycles. The number of benzene rings is 2. The van der Waals surface area contributed by atoms with Crippen LogP contribution in [0.3, 0.4) is 0 Å². The summed E-state index contributed by atoms with van der Waals surface area (Å²) in [5.74, 6) is 0.0181. The van der Waals surface area contributed by atoms with E-state index in [0.29, 0.717) is 48.7 Å². The van der Waals surface area contributed by atoms with Gasteiger partial charge in [0.2, 0.25) is 0 Å². The highest BCUT2D eigenvalue weighted by Gasteiger charge is 2.46. The van der Waals surface area contributed by atoms with Crippen molar-refractivity contribution < 1.29 is 19.4 Å². The standard InChI is InChI=1S/C31H39N3O4/c1-38-27-17-31(18-27)10-14-33(15-11-31)29(36)24-6-7-28-23(16-24)9-13-34(30(28)37)21-26(35)20-32-12-8-22-4-2-3-5-25(22)19-32/h2-7,16,26-27,35H,8-15,17-21H2,1H3. The number of aliphatic hydroxyl groups is 1. The van der Waals surface area contributed by atoms with Crippen LogP contribution in [0, 0.1) is 5.41 Å². The van der Waals surface area contributed by atoms with Crippen molar-refractivity contribution in [3.63, 3.8) is 0 Å². The third-order valence-electron chi connectivity index (χ3n) is 9.40. The van der Waals surface area contributed by atoms with Crippen molar-refractivity contribution in [1.82, 2.24) is 14.7 Å². The zero-order chi connectivity index (χ0) is 26.3. The van der Waals surface area contributed by atoms with E-state index in [9.17, 15) is 14.7 Å². The number of β-amino-alcohol motifs (C(OH)–C–C–N with tert-alkyl or cyclic N) is 1. The third-order valence-corrected chi connectivity index (χ3v) is 9.40. The lowest BCUT2D eigenvalue weighted by molar-refractivity contribution is -0.0841. The molecule has 2 aromatic rings. The van der Waals surface area contributed by atoms with E-state index in [1.54, 1.807) is 18.1 Å². The van der Waals surface area contributed by atoms with Gasteiger partial charge < -0.3 is 19.6 Å². The molecule has 202 valence electrons. The first-order valence-electron chi connectivity index (χ1n) is 14.1. The van der Waals surface area contributed by atoms with Gasteiger partial charge in [-0.15, -0.1) is 0 Å². The van der Waals surface area contributed by atoms with Gasteiger partial charge in [-0.3, -0.25) is 14.5 Å². The van der Waals surface area contributed by atoms with E-state index in [2.05, 4.69) is 29.2 Å². The molecule has 0 radical (unpaired) electrons. The molecular formula is C31H39N3O4. The number of nitrogens with zero attached hydrogens (tertiary/aromatic N) is 3. The van der Waals surface area contributed by atoms with Crippen LogP contribution in [0.1, 0.15) is 63.1 Å². The van der Waals surface area contributed by atoms with Crippen LogP contribution < -0.4 is 0 Å². The minimum Gasteiger partial charge on any atom is -0.390 e. The van der Waals surface area contributed by atoms with Crippen LogP contribution in [0.2, 0.25) is 0 Å². The van der Waals surface area contributed by atoms with Crippen LogP contribution in [-0.2, 0) is 24.1 Å². The number of ether oxygens (including phenoxy) is 1. The van der Waals surface area contributed by atoms with Gasteiger partial charge in [0.1, 0.15) is 0 Å². The molecule has 1 spiro atoms. The smallest absolute Gasteiger partial charge is 0.254 e. The minimum atomic E-state index is -0.594. The summed E-state index contributed by atoms with van der Waals surface area (Å²) in [6.45, 7) is 4.80. The van der Waals surface area contributed by atoms with Gasteiger partial charge in [0.15, 0.2) is 0 Å². The minimum absolute atomic E-state index is 0.0501. The predicted octanol–water partition coefficient (Wildman–Crippen LogP) is 3.14. The monoisotopic (exact) mass is 517 g/mol. The Balaban J connectivity index is 1.03. The number of hydrogen-bond donors (Lipinski definition) is 1. The molecule has 6 rings (SSSR count). The first-order chi connectivity index (χ1) is 18.4. The van der Waals surface area contributed by atoms with E-state index in [4.69, 9.17) is 4.74 Å². The van der Waals surface area contributed by atoms with Crippen molar-refractivity contribution in [1.29, 1.82) is 0 Å². The van der Waals surface area contributed by atoms with Gasteiger partial charge in [0, 0.05) is 64.0 Å². The topological polar surface area (TPSA) is 73.3 Å². The molecular weight excluding hydrogens is 478 g/mol. The molecule has 7 nitrogen and oxygen atoms in total. The molecule has 2 aromatic carbocycles. The summed E-state index contributed by atoms with van der Waals surface area (Å²) in [6, 6.07) is 14.0. The molecule has 1 saturated carbocycles. The fourth-order valence-electron chi connectivity index (χ4n) is 7.01. The Labute approximate surface area is 225 Å². The number of rotatable bonds is 6. The maximum atomic E-state index is 13.2. The van der Waals surface area contributed by atoms with Crippen molar-refractivity contribution >= 4 is 11.8 Å². The quantitative estimate of drug-likeness (QED) is 0.638. The zero-order valence-corrected chi connectivity index (χ0v) is 22.4. The SMILES string of the molecule is COC1CC2(CCN(C(=O)c3ccc4c(c3)CCN(CC(O)CN3CCc5ccccc5C3)C4=O)CC2)C1. The summed E-state index contributed by atoms with van der Waals surface area (Å²) in [5.41, 5.74) is 5.36. The van der Waals surface area contributed by atoms with Crippen LogP contribution in [0.5, 0.6) is 0 Å². The number of amides is 2. The Morgan fingerprint density at radius 1 is 1.00 bits per heavy atom. The highest BCUT2D eigenvalue weighted by Crippen LogP contribution is 2.50. The number of aliphatic hydroxyl groups excluding tert-OH is 1. The lowest BCUT2D eigenvalue weighted by atomic mass is 9.61. The Bertz CT molecular complexity index is 1200. The number of likely N-dealkylation sites (tertiary alicyclic amines) is 1. The van der Waals surface area contributed by atoms with Crippen molar-refractivity contribution in [2.24, 2.45) is 5.41 Å². The molecule has 2 amide bonds. The Morgan fingerprint density at radius 2 is 1.74 bits per heavy atom. The molecule has 4 aliphatic rings. The number of fused-ring (bicyclic) bond motifs is 2. The Morgan fingerprint density at radius 3 is 2.50 bits per heavy atom. The predicted molar refractivity (Wildman–Crippen MR) is 145 cm³/mol. The number of carbonyl (C=O) groups excluding carboxylic acids is 2. The van der Waals surface area contributed by atoms with Crippen LogP contribution in [0.25, 0.3) is 0 Å². The summed E-state index contributed by atoms with van der Waals surface area (Å²) in [7, 11) is 1.79. The maximum absolute atomic E-state index is 13.2. The van der Waals surface area contributed by atoms with Crippen molar-refractivity contribution in [3.8, 4) is 0 Å². The number of hydrogen-bond acceptors (Lipinski definition) is 5. The van der Waals surface area contributed by atoms with Crippen molar-refractivity contribution in [3.05, 3.63) is 70.3 Å². The lowest BCUT2D eigenvalue weighted by Gasteiger charge is -2.51. The summed E-state index contributed by atoms with van der Waals surface area (Å²) in [6.07, 6.45) is 5.81. The molecule has 7 heteroatoms. The molecule has 2 fully saturated rings. The molecule has 3 heterocycles. The molecule has 38 heavy (non-hydrogen) atoms. The fourth-order valence-corrected chi connectivity index (χ4v) is 7.01. The van der Waals surface area contributed by atoms with E-state index in [1.165, 1.54) is 11.1 Å². The zero-order valence-electron chi connectivity index (χ0n) is 22.4. The average molecular weight is 518 g/mol. The van der Waals surface area contributed by atoms with Gasteiger partial charge in [-0.05, 0) is 78.8 Å². The third kappa shape index (κ3) is 4.99. The maximum Gasteiger partial charge on any atom is 0.254 e. The second kappa shape index (κ2) is 10.4. The molecule has 1 saturated heterocycles. The second-order valence-electron chi connectivity index (χ2n) is 11.8. The first-order valence-corrected chi connectivity index (χ1v) is 14.1. The van der Waals surface area contributed by atoms with Gasteiger partial charge in [0.25, 0.3) is 11.8 Å². The van der Waals surface area contributed by atoms with Gasteiger partial charge in [-0.1, -0.05) is 24.3 Å². The van der Waals surface area contributed by atoms with E-state index >= 15 is 0 Å². The first kappa shape index (κ1) is 25.5. The lowest BCUT2D eigenvalue weighted by Crippen LogP contribution is -2.51. The summed E-state index contributed by atoms with van der Waals surface area (Å²) < 4.78 is 5.47. The highest BCUT2D eigenvalue weighted by molar-refractivity contribution is 6.00. The number of piperidine rings is 1. The molecule has 1 atom stereocenters. The molecule has 3 aliphatic heterocycles. The van der Waals surface area contributed by atoms with Crippen molar-refractivity contribution in [2.75, 3.05) is 46.4 Å². The fraction of sp³-hybridized carbons (Fsp3) is 0.548. The molecule has 1 unspecified atom stereocenters. The van der Waals surface area contributed by atoms with Gasteiger partial charge >= 0.3 is 0 Å². The Kier molecular flexibility index (Phi) is 7.01. The molecule has 1 N–H and O–H groups in total. The summed E-state index contributed by atoms with van der Waals surface area (Å²) in [4.78, 5) is 32.5. The van der Waals surface area contributed by atoms with Crippen LogP contribution in [0.15, 0.2) is 42.5 Å². The Hall–Kier alpha value is -2.74. The molecule has 0 aromatic heterocycles. The largest absolute Gasteiger partial charge is 0.390 e. The van der Waals surface area contributed by atoms with Crippen LogP contribution in [0.4, 0.5) is 0 Å².